The lowest BCUT2D eigenvalue weighted by Crippen LogP contribution is -2.23. The Labute approximate surface area is 112 Å². The van der Waals surface area contributed by atoms with Crippen LogP contribution in [0.1, 0.15) is 37.8 Å². The summed E-state index contributed by atoms with van der Waals surface area (Å²) >= 11 is 0. The molecule has 1 N–H and O–H groups in total. The highest BCUT2D eigenvalue weighted by Gasteiger charge is 2.16. The van der Waals surface area contributed by atoms with Crippen molar-refractivity contribution >= 4 is 0 Å². The maximum atomic E-state index is 13.2. The minimum Gasteiger partial charge on any atom is -0.385 e. The number of methoxy groups -OCH3 is 1. The molecule has 2 nitrogen and oxygen atoms in total. The van der Waals surface area contributed by atoms with Crippen LogP contribution in [0.15, 0.2) is 12.1 Å². The Balaban J connectivity index is 2.83. The molecule has 19 heavy (non-hydrogen) atoms. The van der Waals surface area contributed by atoms with Crippen molar-refractivity contribution in [1.82, 2.24) is 5.32 Å². The van der Waals surface area contributed by atoms with Gasteiger partial charge in [0.2, 0.25) is 0 Å². The molecule has 5 heteroatoms. The average molecular weight is 275 g/mol. The molecule has 0 bridgehead atoms. The third-order valence-corrected chi connectivity index (χ3v) is 2.89. The fourth-order valence-corrected chi connectivity index (χ4v) is 1.91. The summed E-state index contributed by atoms with van der Waals surface area (Å²) in [6, 6.07) is 1.91. The van der Waals surface area contributed by atoms with Gasteiger partial charge in [0.1, 0.15) is 0 Å². The molecule has 1 unspecified atom stereocenters. The van der Waals surface area contributed by atoms with Crippen LogP contribution in [0.2, 0.25) is 0 Å². The van der Waals surface area contributed by atoms with Crippen molar-refractivity contribution < 1.29 is 17.9 Å². The van der Waals surface area contributed by atoms with Gasteiger partial charge in [-0.1, -0.05) is 6.92 Å². The van der Waals surface area contributed by atoms with Gasteiger partial charge < -0.3 is 10.1 Å². The molecule has 0 saturated carbocycles. The normalized spacial score (nSPS) is 12.7. The molecule has 0 aliphatic rings. The first kappa shape index (κ1) is 16.0. The molecule has 1 rings (SSSR count). The van der Waals surface area contributed by atoms with Crippen LogP contribution in [0, 0.1) is 17.5 Å². The largest absolute Gasteiger partial charge is 0.385 e. The van der Waals surface area contributed by atoms with Gasteiger partial charge in [-0.3, -0.25) is 0 Å². The molecule has 0 aliphatic carbocycles. The zero-order valence-electron chi connectivity index (χ0n) is 11.3. The van der Waals surface area contributed by atoms with Gasteiger partial charge in [0, 0.05) is 19.8 Å². The number of ether oxygens (including phenoxy) is 1. The highest BCUT2D eigenvalue weighted by atomic mass is 19.2. The van der Waals surface area contributed by atoms with E-state index in [0.29, 0.717) is 18.6 Å². The number of halogens is 3. The standard InChI is InChI=1S/C14H20F3NO/c1-3-6-18-13(5-4-7-19-2)10-8-11(15)14(17)12(16)9-10/h8-9,13,18H,3-7H2,1-2H3. The summed E-state index contributed by atoms with van der Waals surface area (Å²) in [6.45, 7) is 3.32. The second-order valence-electron chi connectivity index (χ2n) is 4.44. The molecule has 0 aliphatic heterocycles. The summed E-state index contributed by atoms with van der Waals surface area (Å²) in [6.07, 6.45) is 2.35. The Hall–Kier alpha value is -1.07. The first-order chi connectivity index (χ1) is 9.10. The van der Waals surface area contributed by atoms with E-state index in [-0.39, 0.29) is 6.04 Å². The second kappa shape index (κ2) is 8.17. The molecular formula is C14H20F3NO. The summed E-state index contributed by atoms with van der Waals surface area (Å²) in [5.41, 5.74) is 0.431. The van der Waals surface area contributed by atoms with Crippen LogP contribution in [0.4, 0.5) is 13.2 Å². The molecule has 0 radical (unpaired) electrons. The van der Waals surface area contributed by atoms with E-state index in [4.69, 9.17) is 4.74 Å². The van der Waals surface area contributed by atoms with Gasteiger partial charge in [-0.05, 0) is 43.5 Å². The van der Waals surface area contributed by atoms with E-state index in [0.717, 1.165) is 31.5 Å². The van der Waals surface area contributed by atoms with Crippen molar-refractivity contribution in [3.63, 3.8) is 0 Å². The van der Waals surface area contributed by atoms with Gasteiger partial charge in [0.15, 0.2) is 17.5 Å². The second-order valence-corrected chi connectivity index (χ2v) is 4.44. The molecule has 0 aromatic heterocycles. The maximum Gasteiger partial charge on any atom is 0.194 e. The molecule has 1 aromatic carbocycles. The van der Waals surface area contributed by atoms with Crippen molar-refractivity contribution in [3.8, 4) is 0 Å². The van der Waals surface area contributed by atoms with E-state index >= 15 is 0 Å². The van der Waals surface area contributed by atoms with E-state index in [9.17, 15) is 13.2 Å². The predicted octanol–water partition coefficient (Wildman–Crippen LogP) is 3.57. The van der Waals surface area contributed by atoms with Crippen LogP contribution in [0.3, 0.4) is 0 Å². The number of hydrogen-bond donors (Lipinski definition) is 1. The first-order valence-electron chi connectivity index (χ1n) is 6.46. The summed E-state index contributed by atoms with van der Waals surface area (Å²) in [7, 11) is 1.60. The molecule has 0 amide bonds. The summed E-state index contributed by atoms with van der Waals surface area (Å²) in [5.74, 6) is -3.72. The number of nitrogens with one attached hydrogen (secondary N) is 1. The van der Waals surface area contributed by atoms with Gasteiger partial charge in [-0.2, -0.15) is 0 Å². The van der Waals surface area contributed by atoms with Crippen molar-refractivity contribution in [3.05, 3.63) is 35.1 Å². The lowest BCUT2D eigenvalue weighted by Gasteiger charge is -2.19. The fraction of sp³-hybridized carbons (Fsp3) is 0.571. The minimum atomic E-state index is -1.42. The van der Waals surface area contributed by atoms with E-state index < -0.39 is 17.5 Å². The van der Waals surface area contributed by atoms with E-state index in [1.807, 2.05) is 6.92 Å². The Morgan fingerprint density at radius 3 is 2.37 bits per heavy atom. The van der Waals surface area contributed by atoms with Crippen LogP contribution in [0.5, 0.6) is 0 Å². The van der Waals surface area contributed by atoms with Crippen LogP contribution in [0.25, 0.3) is 0 Å². The number of hydrogen-bond acceptors (Lipinski definition) is 2. The van der Waals surface area contributed by atoms with E-state index in [1.165, 1.54) is 0 Å². The van der Waals surface area contributed by atoms with Gasteiger partial charge in [-0.25, -0.2) is 13.2 Å². The lowest BCUT2D eigenvalue weighted by atomic mass is 10.0. The molecule has 0 saturated heterocycles. The Bertz CT molecular complexity index is 375. The van der Waals surface area contributed by atoms with Crippen LogP contribution in [-0.2, 0) is 4.74 Å². The Morgan fingerprint density at radius 1 is 1.21 bits per heavy atom. The topological polar surface area (TPSA) is 21.3 Å². The zero-order valence-corrected chi connectivity index (χ0v) is 11.3. The van der Waals surface area contributed by atoms with Gasteiger partial charge >= 0.3 is 0 Å². The third kappa shape index (κ3) is 4.84. The smallest absolute Gasteiger partial charge is 0.194 e. The van der Waals surface area contributed by atoms with Crippen molar-refractivity contribution in [2.45, 2.75) is 32.2 Å². The highest BCUT2D eigenvalue weighted by molar-refractivity contribution is 5.22. The van der Waals surface area contributed by atoms with Gasteiger partial charge in [0.05, 0.1) is 0 Å². The van der Waals surface area contributed by atoms with Crippen LogP contribution < -0.4 is 5.32 Å². The van der Waals surface area contributed by atoms with Gasteiger partial charge in [0.25, 0.3) is 0 Å². The SMILES string of the molecule is CCCNC(CCCOC)c1cc(F)c(F)c(F)c1. The average Bonchev–Trinajstić information content (AvgIpc) is 2.39. The van der Waals surface area contributed by atoms with Crippen LogP contribution in [-0.4, -0.2) is 20.3 Å². The molecule has 0 spiro atoms. The van der Waals surface area contributed by atoms with Gasteiger partial charge in [-0.15, -0.1) is 0 Å². The summed E-state index contributed by atoms with van der Waals surface area (Å²) < 4.78 is 44.4. The molecule has 1 aromatic rings. The molecule has 108 valence electrons. The minimum absolute atomic E-state index is 0.195. The molecule has 1 atom stereocenters. The molecule has 0 fully saturated rings. The monoisotopic (exact) mass is 275 g/mol. The zero-order chi connectivity index (χ0) is 14.3. The summed E-state index contributed by atoms with van der Waals surface area (Å²) in [4.78, 5) is 0. The first-order valence-corrected chi connectivity index (χ1v) is 6.46. The molecular weight excluding hydrogens is 255 g/mol. The summed E-state index contributed by atoms with van der Waals surface area (Å²) in [5, 5.41) is 3.21. The van der Waals surface area contributed by atoms with E-state index in [2.05, 4.69) is 5.32 Å². The van der Waals surface area contributed by atoms with Crippen molar-refractivity contribution in [2.75, 3.05) is 20.3 Å². The third-order valence-electron chi connectivity index (χ3n) is 2.89. The fourth-order valence-electron chi connectivity index (χ4n) is 1.91. The van der Waals surface area contributed by atoms with Crippen molar-refractivity contribution in [1.29, 1.82) is 0 Å². The van der Waals surface area contributed by atoms with E-state index in [1.54, 1.807) is 7.11 Å². The van der Waals surface area contributed by atoms with Crippen molar-refractivity contribution in [2.24, 2.45) is 0 Å². The maximum absolute atomic E-state index is 13.2. The Morgan fingerprint density at radius 2 is 1.84 bits per heavy atom. The number of benzene rings is 1. The molecule has 0 heterocycles. The predicted molar refractivity (Wildman–Crippen MR) is 68.5 cm³/mol. The van der Waals surface area contributed by atoms with Crippen LogP contribution >= 0.6 is 0 Å². The quantitative estimate of drug-likeness (QED) is 0.578. The highest BCUT2D eigenvalue weighted by Crippen LogP contribution is 2.23. The lowest BCUT2D eigenvalue weighted by molar-refractivity contribution is 0.188. The number of rotatable bonds is 8. The Kier molecular flexibility index (Phi) is 6.87.